The summed E-state index contributed by atoms with van der Waals surface area (Å²) in [4.78, 5) is 143. The van der Waals surface area contributed by atoms with Gasteiger partial charge in [0.15, 0.2) is 72.8 Å². The quantitative estimate of drug-likeness (QED) is 0.0181. The third kappa shape index (κ3) is 24.3. The monoisotopic (exact) mass is 2170 g/mol. The number of halogens is 3. The number of fused-ring (bicyclic) bond motifs is 4. The maximum Gasteiger partial charge on any atom is 0.391 e. The maximum absolute atomic E-state index is 13.5. The Morgan fingerprint density at radius 3 is 0.959 bits per heavy atom. The van der Waals surface area contributed by atoms with Gasteiger partial charge in [0.2, 0.25) is 0 Å². The highest BCUT2D eigenvalue weighted by Crippen LogP contribution is 2.53. The number of carbonyl (C=O) groups excluding carboxylic acids is 4. The smallest absolute Gasteiger partial charge is 0.391 e. The Morgan fingerprint density at radius 1 is 0.408 bits per heavy atom. The van der Waals surface area contributed by atoms with Crippen molar-refractivity contribution in [1.29, 1.82) is 0 Å². The van der Waals surface area contributed by atoms with Gasteiger partial charge in [-0.3, -0.25) is 56.6 Å². The zero-order valence-electron chi connectivity index (χ0n) is 76.4. The Hall–Kier alpha value is -15.6. The summed E-state index contributed by atoms with van der Waals surface area (Å²) in [5, 5.41) is 79.4. The number of rotatable bonds is 31. The van der Waals surface area contributed by atoms with E-state index in [9.17, 15) is 110 Å². The molecule has 0 aliphatic carbocycles. The van der Waals surface area contributed by atoms with Crippen LogP contribution in [0, 0.1) is 5.92 Å². The highest BCUT2D eigenvalue weighted by molar-refractivity contribution is 7.66. The summed E-state index contributed by atoms with van der Waals surface area (Å²) >= 11 is 5.08. The normalized spacial score (nSPS) is 17.1. The van der Waals surface area contributed by atoms with Gasteiger partial charge in [0.05, 0.1) is 101 Å². The minimum atomic E-state index is -4.55. The van der Waals surface area contributed by atoms with Crippen molar-refractivity contribution in [3.05, 3.63) is 267 Å². The van der Waals surface area contributed by atoms with E-state index < -0.39 is 162 Å². The van der Waals surface area contributed by atoms with Gasteiger partial charge in [0.25, 0.3) is 45.9 Å². The molecule has 9 aromatic heterocycles. The number of primary amides is 4. The second-order valence-corrected chi connectivity index (χ2v) is 42.9. The lowest BCUT2D eigenvalue weighted by Crippen LogP contribution is -2.35. The van der Waals surface area contributed by atoms with Crippen LogP contribution >= 0.6 is 75.4 Å². The van der Waals surface area contributed by atoms with Crippen LogP contribution in [0.5, 0.6) is 46.0 Å². The first kappa shape index (κ1) is 106. The number of amides is 4. The van der Waals surface area contributed by atoms with E-state index in [2.05, 4.69) is 60.7 Å². The Balaban J connectivity index is 0.000000147. The molecule has 13 heterocycles. The van der Waals surface area contributed by atoms with Crippen molar-refractivity contribution < 1.29 is 119 Å². The molecule has 0 radical (unpaired) electrons. The molecule has 20 N–H and O–H groups in total. The van der Waals surface area contributed by atoms with Crippen LogP contribution in [0.3, 0.4) is 0 Å². The van der Waals surface area contributed by atoms with Crippen molar-refractivity contribution in [3.63, 3.8) is 0 Å². The molecular formula is C90H83F3N20O26P4S4. The first-order chi connectivity index (χ1) is 69.8. The van der Waals surface area contributed by atoms with Crippen molar-refractivity contribution in [2.75, 3.05) is 54.8 Å². The number of nitrogens with two attached hydrogens (primary N) is 4. The lowest BCUT2D eigenvalue weighted by molar-refractivity contribution is -0.171. The fourth-order valence-electron chi connectivity index (χ4n) is 14.4. The Bertz CT molecular complexity index is 8050. The minimum absolute atomic E-state index is 0.0300. The number of aromatic hydroxyl groups is 4. The molecule has 0 bridgehead atoms. The van der Waals surface area contributed by atoms with Crippen LogP contribution < -0.4 is 107 Å². The second kappa shape index (κ2) is 44.1. The van der Waals surface area contributed by atoms with Crippen LogP contribution in [0.15, 0.2) is 234 Å². The van der Waals surface area contributed by atoms with Gasteiger partial charge >= 0.3 is 36.3 Å². The first-order valence-electron chi connectivity index (χ1n) is 43.0. The number of ether oxygens (including phenoxy) is 5. The van der Waals surface area contributed by atoms with E-state index >= 15 is 0 Å². The third-order valence-electron chi connectivity index (χ3n) is 21.7. The molecule has 46 nitrogen and oxygen atoms in total. The number of nitrogens with zero attached hydrogens (tertiary/aromatic N) is 12. The summed E-state index contributed by atoms with van der Waals surface area (Å²) in [6.07, 6.45) is -1.73. The summed E-state index contributed by atoms with van der Waals surface area (Å²) in [5.74, 6) is -7.49. The minimum Gasteiger partial charge on any atom is -0.505 e. The molecule has 764 valence electrons. The molecule has 4 amide bonds. The van der Waals surface area contributed by atoms with E-state index in [4.69, 9.17) is 51.0 Å². The van der Waals surface area contributed by atoms with E-state index in [1.165, 1.54) is 129 Å². The second-order valence-electron chi connectivity index (χ2n) is 32.1. The number of carbonyl (C=O) groups is 4. The molecule has 0 saturated carbocycles. The number of thiophene rings is 4. The number of methoxy groups -OCH3 is 1. The summed E-state index contributed by atoms with van der Waals surface area (Å²) in [6, 6.07) is 41.0. The molecule has 5 aromatic carbocycles. The van der Waals surface area contributed by atoms with Crippen LogP contribution in [0.4, 0.5) is 35.9 Å². The Kier molecular flexibility index (Phi) is 31.7. The first-order valence-corrected chi connectivity index (χ1v) is 53.0. The molecule has 4 aliphatic rings. The molecule has 18 rings (SSSR count). The van der Waals surface area contributed by atoms with Gasteiger partial charge in [0.1, 0.15) is 68.0 Å². The van der Waals surface area contributed by atoms with Crippen LogP contribution in [0.25, 0.3) is 42.3 Å². The third-order valence-corrected chi connectivity index (χ3v) is 31.0. The Morgan fingerprint density at radius 2 is 0.694 bits per heavy atom. The zero-order chi connectivity index (χ0) is 105. The van der Waals surface area contributed by atoms with Gasteiger partial charge in [-0.25, -0.2) is 18.7 Å². The summed E-state index contributed by atoms with van der Waals surface area (Å²) < 4.78 is 143. The number of hydrogen-bond donors (Lipinski definition) is 16. The molecule has 0 fully saturated rings. The standard InChI is InChI=1S/C24H20N5O6PS.C22H21F3N5O6PS.C22H18N5O7PS.C22H24N5O7PS/c25-19(30)13-35-15-8-9-16-17(11-15)36(33,34)28-23(26-16)20-22(31)21(18-7-4-10-37-18)27-29(24(20)32)12-14-5-2-1-3-6-14;1-11(22(23,24)25)6-7-30-21(33)17(19(32)18(28-30)15-3-2-8-38-15)20-27-13-5-4-12(36-10-16(26)31)9-14(13)37(34,35)29-20;23-17(28)11-34-13-3-4-14-15(8-13)35(31,32)26-21(24-14)18-20(29)19(16-2-1-7-36-16)25-27(22(18)30)9-12-5-6-33-10-12;1-12(33-2)7-8-27-22(30)18(20(29)19(25-27)16-4-3-9-36-16)21-24-14-6-5-13(34-11-17(23)28)10-15(14)35(31,32)26-21/h1-11,31H,12-13H2,(H2,25,30)(H2,26,28,33,34);2-5,8-9,11,32H,6-7,10H2,1H3,(H2,26,31)(H2,27,29,34,35);1-8,10,29H,9,11H2,(H2,23,28)(H2,24,26,31,32);3-6,9-10,12,29H,7-8,11H2,1-2H3,(H2,23,28)(H2,24,26,31,32). The van der Waals surface area contributed by atoms with E-state index in [0.29, 0.717) is 31.5 Å². The van der Waals surface area contributed by atoms with Crippen molar-refractivity contribution in [1.82, 2.24) is 39.1 Å². The largest absolute Gasteiger partial charge is 0.505 e. The van der Waals surface area contributed by atoms with Crippen molar-refractivity contribution in [3.8, 4) is 88.3 Å². The van der Waals surface area contributed by atoms with Crippen LogP contribution in [-0.4, -0.2) is 172 Å². The molecule has 14 aromatic rings. The number of amidine groups is 4. The van der Waals surface area contributed by atoms with Gasteiger partial charge in [-0.05, 0) is 150 Å². The molecule has 4 aliphatic heterocycles. The average molecular weight is 2170 g/mol. The van der Waals surface area contributed by atoms with E-state index in [1.54, 1.807) is 83.2 Å². The van der Waals surface area contributed by atoms with Gasteiger partial charge in [-0.15, -0.1) is 45.3 Å². The zero-order valence-corrected chi connectivity index (χ0v) is 83.2. The predicted octanol–water partition coefficient (Wildman–Crippen LogP) is 8.60. The number of aromatic nitrogens is 8. The molecule has 6 unspecified atom stereocenters. The summed E-state index contributed by atoms with van der Waals surface area (Å²) in [6.45, 7) is 0.992. The fraction of sp³-hybridized carbons (Fsp3) is 0.178. The van der Waals surface area contributed by atoms with Gasteiger partial charge < -0.3 is 112 Å². The number of furan rings is 1. The maximum atomic E-state index is 13.5. The number of alkyl halides is 3. The number of benzene rings is 5. The topological polar surface area (TPSA) is 699 Å². The SMILES string of the molecule is CC(CCn1nc(-c2cccs2)c(O)c(C2=NP(=O)(O)c3cc(OCC(N)=O)ccc3N2)c1=O)C(F)(F)F.COC(C)CCn1nc(-c2cccs2)c(O)c(C2=NP(=O)(O)c3cc(OCC(N)=O)ccc3N2)c1=O.NC(=O)COc1ccc2c(c1)P(=O)(O)N=C(c1c(O)c(-c3cccs3)nn(Cc3ccccc3)c1=O)N2.NC(=O)COc1ccc2c(c1)P(=O)(O)N=C(c1c(O)c(-c3cccs3)nn(Cc3ccoc3)c1=O)N2. The molecule has 147 heavy (non-hydrogen) atoms. The lowest BCUT2D eigenvalue weighted by Gasteiger charge is -2.23. The van der Waals surface area contributed by atoms with Crippen LogP contribution in [-0.2, 0) is 68.4 Å². The average Bonchev–Trinajstić information content (AvgIpc) is 1.48. The molecule has 57 heteroatoms. The molecular weight excluding hydrogens is 2090 g/mol. The number of anilines is 4. The van der Waals surface area contributed by atoms with E-state index in [-0.39, 0.29) is 150 Å². The summed E-state index contributed by atoms with van der Waals surface area (Å²) in [5.41, 5.74) is 18.1. The predicted molar refractivity (Wildman–Crippen MR) is 541 cm³/mol. The van der Waals surface area contributed by atoms with E-state index in [0.717, 1.165) is 33.2 Å². The van der Waals surface area contributed by atoms with Gasteiger partial charge in [-0.2, -0.15) is 52.6 Å². The van der Waals surface area contributed by atoms with Gasteiger partial charge in [0, 0.05) is 25.8 Å². The van der Waals surface area contributed by atoms with E-state index in [1.807, 2.05) is 37.3 Å². The van der Waals surface area contributed by atoms with Crippen molar-refractivity contribution in [2.45, 2.75) is 65.1 Å². The van der Waals surface area contributed by atoms with Gasteiger partial charge in [-0.1, -0.05) is 61.5 Å². The Labute approximate surface area is 841 Å². The van der Waals surface area contributed by atoms with Crippen LogP contribution in [0.1, 0.15) is 60.1 Å². The molecule has 6 atom stereocenters. The molecule has 0 spiro atoms. The fourth-order valence-corrected chi connectivity index (χ4v) is 22.3. The van der Waals surface area contributed by atoms with Crippen molar-refractivity contribution >= 4 is 166 Å². The number of hydrogen-bond acceptors (Lipinski definition) is 34. The number of nitrogens with one attached hydrogen (secondary N) is 4. The number of aryl methyl sites for hydroxylation is 2. The highest BCUT2D eigenvalue weighted by Gasteiger charge is 2.42. The van der Waals surface area contributed by atoms with Crippen molar-refractivity contribution in [2.24, 2.45) is 47.9 Å². The summed E-state index contributed by atoms with van der Waals surface area (Å²) in [7, 11) is -16.2. The molecule has 0 saturated heterocycles. The van der Waals surface area contributed by atoms with Crippen LogP contribution in [0.2, 0.25) is 0 Å². The lowest BCUT2D eigenvalue weighted by atomic mass is 10.1. The highest BCUT2D eigenvalue weighted by atomic mass is 32.1.